The minimum Gasteiger partial charge on any atom is -0.314 e. The third-order valence-corrected chi connectivity index (χ3v) is 2.33. The van der Waals surface area contributed by atoms with Gasteiger partial charge in [-0.05, 0) is 38.6 Å². The molecule has 0 aromatic rings. The number of rotatable bonds is 5. The predicted octanol–water partition coefficient (Wildman–Crippen LogP) is 2.17. The van der Waals surface area contributed by atoms with Gasteiger partial charge in [0.2, 0.25) is 0 Å². The molecule has 0 heterocycles. The van der Waals surface area contributed by atoms with Gasteiger partial charge < -0.3 is 5.32 Å². The molecule has 0 aromatic carbocycles. The molecule has 0 saturated heterocycles. The Kier molecular flexibility index (Phi) is 3.20. The zero-order valence-corrected chi connectivity index (χ0v) is 7.19. The molecule has 1 heteroatoms. The van der Waals surface area contributed by atoms with Gasteiger partial charge in [0, 0.05) is 6.04 Å². The summed E-state index contributed by atoms with van der Waals surface area (Å²) in [5.74, 6) is 1.01. The van der Waals surface area contributed by atoms with Crippen LogP contribution in [0.4, 0.5) is 0 Å². The largest absolute Gasteiger partial charge is 0.314 e. The molecule has 0 radical (unpaired) electrons. The standard InChI is InChI=1S/C9H19N/c1-3-4-7-10-8(2)9-5-6-9/h8-10H,3-7H2,1-2H3. The molecule has 60 valence electrons. The smallest absolute Gasteiger partial charge is 0.00669 e. The van der Waals surface area contributed by atoms with Crippen LogP contribution in [0.5, 0.6) is 0 Å². The van der Waals surface area contributed by atoms with E-state index in [1.165, 1.54) is 32.2 Å². The van der Waals surface area contributed by atoms with Crippen molar-refractivity contribution in [2.24, 2.45) is 5.92 Å². The monoisotopic (exact) mass is 141 g/mol. The first-order valence-electron chi connectivity index (χ1n) is 4.58. The van der Waals surface area contributed by atoms with Crippen LogP contribution in [0.1, 0.15) is 39.5 Å². The second-order valence-corrected chi connectivity index (χ2v) is 3.43. The van der Waals surface area contributed by atoms with E-state index in [-0.39, 0.29) is 0 Å². The van der Waals surface area contributed by atoms with E-state index < -0.39 is 0 Å². The van der Waals surface area contributed by atoms with Crippen molar-refractivity contribution in [1.82, 2.24) is 5.32 Å². The fourth-order valence-corrected chi connectivity index (χ4v) is 1.27. The molecule has 0 amide bonds. The summed E-state index contributed by atoms with van der Waals surface area (Å²) in [5, 5.41) is 3.55. The van der Waals surface area contributed by atoms with Gasteiger partial charge in [-0.1, -0.05) is 13.3 Å². The molecule has 1 N–H and O–H groups in total. The first-order chi connectivity index (χ1) is 4.84. The Bertz CT molecular complexity index is 86.7. The Morgan fingerprint density at radius 1 is 1.50 bits per heavy atom. The van der Waals surface area contributed by atoms with E-state index >= 15 is 0 Å². The van der Waals surface area contributed by atoms with Gasteiger partial charge in [0.1, 0.15) is 0 Å². The third kappa shape index (κ3) is 2.70. The van der Waals surface area contributed by atoms with E-state index in [0.29, 0.717) is 0 Å². The van der Waals surface area contributed by atoms with Crippen molar-refractivity contribution in [2.45, 2.75) is 45.6 Å². The highest BCUT2D eigenvalue weighted by molar-refractivity contribution is 4.82. The normalized spacial score (nSPS) is 21.0. The Hall–Kier alpha value is -0.0400. The van der Waals surface area contributed by atoms with Crippen LogP contribution in [0, 0.1) is 5.92 Å². The molecule has 0 spiro atoms. The molecule has 0 bridgehead atoms. The van der Waals surface area contributed by atoms with Gasteiger partial charge in [0.05, 0.1) is 0 Å². The van der Waals surface area contributed by atoms with E-state index in [9.17, 15) is 0 Å². The lowest BCUT2D eigenvalue weighted by molar-refractivity contribution is 0.488. The molecular weight excluding hydrogens is 122 g/mol. The molecule has 0 aromatic heterocycles. The molecule has 1 rings (SSSR count). The highest BCUT2D eigenvalue weighted by Gasteiger charge is 2.26. The zero-order chi connectivity index (χ0) is 7.40. The van der Waals surface area contributed by atoms with Crippen molar-refractivity contribution in [3.8, 4) is 0 Å². The molecular formula is C9H19N. The second kappa shape index (κ2) is 3.97. The summed E-state index contributed by atoms with van der Waals surface area (Å²) in [6.45, 7) is 5.77. The molecule has 1 atom stereocenters. The summed E-state index contributed by atoms with van der Waals surface area (Å²) in [5.41, 5.74) is 0. The number of unbranched alkanes of at least 4 members (excludes halogenated alkanes) is 1. The summed E-state index contributed by atoms with van der Waals surface area (Å²) in [4.78, 5) is 0. The molecule has 1 nitrogen and oxygen atoms in total. The average Bonchev–Trinajstić information content (AvgIpc) is 2.69. The van der Waals surface area contributed by atoms with Crippen LogP contribution < -0.4 is 5.32 Å². The van der Waals surface area contributed by atoms with Crippen molar-refractivity contribution in [2.75, 3.05) is 6.54 Å². The third-order valence-electron chi connectivity index (χ3n) is 2.33. The highest BCUT2D eigenvalue weighted by Crippen LogP contribution is 2.32. The Morgan fingerprint density at radius 3 is 2.70 bits per heavy atom. The van der Waals surface area contributed by atoms with Gasteiger partial charge in [-0.25, -0.2) is 0 Å². The van der Waals surface area contributed by atoms with E-state index in [0.717, 1.165) is 12.0 Å². The van der Waals surface area contributed by atoms with Gasteiger partial charge in [0.25, 0.3) is 0 Å². The summed E-state index contributed by atoms with van der Waals surface area (Å²) in [6, 6.07) is 0.784. The van der Waals surface area contributed by atoms with Crippen molar-refractivity contribution in [1.29, 1.82) is 0 Å². The molecule has 1 unspecified atom stereocenters. The molecule has 10 heavy (non-hydrogen) atoms. The maximum atomic E-state index is 3.55. The summed E-state index contributed by atoms with van der Waals surface area (Å²) < 4.78 is 0. The molecule has 1 aliphatic rings. The van der Waals surface area contributed by atoms with Crippen molar-refractivity contribution < 1.29 is 0 Å². The first kappa shape index (κ1) is 8.06. The number of nitrogens with one attached hydrogen (secondary N) is 1. The first-order valence-corrected chi connectivity index (χ1v) is 4.58. The SMILES string of the molecule is CCCCNC(C)C1CC1. The van der Waals surface area contributed by atoms with E-state index in [1.54, 1.807) is 0 Å². The van der Waals surface area contributed by atoms with Crippen LogP contribution in [0.25, 0.3) is 0 Å². The molecule has 1 saturated carbocycles. The molecule has 1 aliphatic carbocycles. The fourth-order valence-electron chi connectivity index (χ4n) is 1.27. The number of hydrogen-bond acceptors (Lipinski definition) is 1. The van der Waals surface area contributed by atoms with Crippen LogP contribution in [-0.4, -0.2) is 12.6 Å². The highest BCUT2D eigenvalue weighted by atomic mass is 14.9. The van der Waals surface area contributed by atoms with Crippen LogP contribution in [0.15, 0.2) is 0 Å². The lowest BCUT2D eigenvalue weighted by Crippen LogP contribution is -2.28. The maximum absolute atomic E-state index is 3.55. The Labute approximate surface area is 64.2 Å². The molecule has 0 aliphatic heterocycles. The van der Waals surface area contributed by atoms with Gasteiger partial charge in [-0.2, -0.15) is 0 Å². The van der Waals surface area contributed by atoms with Crippen LogP contribution in [-0.2, 0) is 0 Å². The van der Waals surface area contributed by atoms with Crippen LogP contribution in [0.2, 0.25) is 0 Å². The van der Waals surface area contributed by atoms with Crippen LogP contribution >= 0.6 is 0 Å². The Morgan fingerprint density at radius 2 is 2.20 bits per heavy atom. The lowest BCUT2D eigenvalue weighted by Gasteiger charge is -2.11. The quantitative estimate of drug-likeness (QED) is 0.579. The van der Waals surface area contributed by atoms with Gasteiger partial charge in [0.15, 0.2) is 0 Å². The molecule has 1 fully saturated rings. The van der Waals surface area contributed by atoms with Crippen molar-refractivity contribution in [3.63, 3.8) is 0 Å². The van der Waals surface area contributed by atoms with E-state index in [4.69, 9.17) is 0 Å². The van der Waals surface area contributed by atoms with Crippen molar-refractivity contribution in [3.05, 3.63) is 0 Å². The Balaban J connectivity index is 1.90. The second-order valence-electron chi connectivity index (χ2n) is 3.43. The topological polar surface area (TPSA) is 12.0 Å². The summed E-state index contributed by atoms with van der Waals surface area (Å²) >= 11 is 0. The fraction of sp³-hybridized carbons (Fsp3) is 1.00. The summed E-state index contributed by atoms with van der Waals surface area (Å²) in [6.07, 6.45) is 5.56. The average molecular weight is 141 g/mol. The zero-order valence-electron chi connectivity index (χ0n) is 7.19. The van der Waals surface area contributed by atoms with Gasteiger partial charge in [-0.15, -0.1) is 0 Å². The van der Waals surface area contributed by atoms with Gasteiger partial charge >= 0.3 is 0 Å². The lowest BCUT2D eigenvalue weighted by atomic mass is 10.2. The summed E-state index contributed by atoms with van der Waals surface area (Å²) in [7, 11) is 0. The minimum absolute atomic E-state index is 0.784. The maximum Gasteiger partial charge on any atom is 0.00669 e. The van der Waals surface area contributed by atoms with Crippen LogP contribution in [0.3, 0.4) is 0 Å². The number of hydrogen-bond donors (Lipinski definition) is 1. The minimum atomic E-state index is 0.784. The predicted molar refractivity (Wildman–Crippen MR) is 45.1 cm³/mol. The van der Waals surface area contributed by atoms with E-state index in [2.05, 4.69) is 19.2 Å². The van der Waals surface area contributed by atoms with E-state index in [1.807, 2.05) is 0 Å². The van der Waals surface area contributed by atoms with Gasteiger partial charge in [-0.3, -0.25) is 0 Å². The van der Waals surface area contributed by atoms with Crippen molar-refractivity contribution >= 4 is 0 Å².